The van der Waals surface area contributed by atoms with E-state index in [0.29, 0.717) is 0 Å². The summed E-state index contributed by atoms with van der Waals surface area (Å²) in [5.74, 6) is 0. The number of furan rings is 1. The van der Waals surface area contributed by atoms with Crippen LogP contribution in [0.2, 0.25) is 0 Å². The van der Waals surface area contributed by atoms with Gasteiger partial charge in [0.05, 0.1) is 10.8 Å². The SMILES string of the molecule is c1ccc(-c2ccc(N(c3ccc4c(c3)C3(c5cc(N(c6ccccc6)c6ccccc6)ccc5-4)c4ccccc4C(c4ccccc4)(c4ccccc4)c4ccccc43)c3ccc4c(c3)oc3ccccc34)cc2)cc1. The predicted molar refractivity (Wildman–Crippen MR) is 318 cm³/mol. The van der Waals surface area contributed by atoms with Gasteiger partial charge in [-0.25, -0.2) is 0 Å². The van der Waals surface area contributed by atoms with Gasteiger partial charge in [0.25, 0.3) is 0 Å². The molecule has 0 aliphatic heterocycles. The normalized spacial score (nSPS) is 13.4. The third-order valence-corrected chi connectivity index (χ3v) is 16.4. The fraction of sp³-hybridized carbons (Fsp3) is 0.0270. The third-order valence-electron chi connectivity index (χ3n) is 16.4. The lowest BCUT2D eigenvalue weighted by molar-refractivity contribution is 0.623. The molecule has 362 valence electrons. The number of rotatable bonds is 9. The van der Waals surface area contributed by atoms with Crippen LogP contribution in [0.5, 0.6) is 0 Å². The summed E-state index contributed by atoms with van der Waals surface area (Å²) in [5, 5.41) is 2.21. The minimum Gasteiger partial charge on any atom is -0.456 e. The summed E-state index contributed by atoms with van der Waals surface area (Å²) >= 11 is 0. The Morgan fingerprint density at radius 1 is 0.234 bits per heavy atom. The molecular weight excluding hydrogens is 933 g/mol. The summed E-state index contributed by atoms with van der Waals surface area (Å²) in [5.41, 5.74) is 21.4. The van der Waals surface area contributed by atoms with Crippen molar-refractivity contribution in [3.63, 3.8) is 0 Å². The maximum atomic E-state index is 6.63. The zero-order chi connectivity index (χ0) is 50.9. The van der Waals surface area contributed by atoms with Gasteiger partial charge >= 0.3 is 0 Å². The quantitative estimate of drug-likeness (QED) is 0.144. The maximum Gasteiger partial charge on any atom is 0.137 e. The van der Waals surface area contributed by atoms with Crippen LogP contribution in [0.15, 0.2) is 308 Å². The summed E-state index contributed by atoms with van der Waals surface area (Å²) in [6.45, 7) is 0. The second-order valence-corrected chi connectivity index (χ2v) is 20.3. The molecule has 0 bridgehead atoms. The van der Waals surface area contributed by atoms with Gasteiger partial charge in [0.2, 0.25) is 0 Å². The summed E-state index contributed by atoms with van der Waals surface area (Å²) in [7, 11) is 0. The van der Waals surface area contributed by atoms with Gasteiger partial charge in [-0.15, -0.1) is 0 Å². The van der Waals surface area contributed by atoms with Crippen molar-refractivity contribution in [1.82, 2.24) is 0 Å². The molecule has 1 aromatic heterocycles. The van der Waals surface area contributed by atoms with Gasteiger partial charge in [0.1, 0.15) is 11.2 Å². The smallest absolute Gasteiger partial charge is 0.137 e. The van der Waals surface area contributed by atoms with Crippen LogP contribution in [0.4, 0.5) is 34.1 Å². The van der Waals surface area contributed by atoms with Crippen molar-refractivity contribution >= 4 is 56.1 Å². The number of anilines is 6. The highest BCUT2D eigenvalue weighted by molar-refractivity contribution is 6.06. The summed E-state index contributed by atoms with van der Waals surface area (Å²) in [6.07, 6.45) is 0. The molecule has 2 aliphatic rings. The first-order valence-electron chi connectivity index (χ1n) is 26.6. The Hall–Kier alpha value is -9.96. The molecule has 3 nitrogen and oxygen atoms in total. The Morgan fingerprint density at radius 2 is 0.597 bits per heavy atom. The average molecular weight is 983 g/mol. The third kappa shape index (κ3) is 6.77. The first kappa shape index (κ1) is 44.5. The van der Waals surface area contributed by atoms with E-state index in [1.54, 1.807) is 0 Å². The first-order chi connectivity index (χ1) is 38.2. The van der Waals surface area contributed by atoms with Crippen LogP contribution in [0, 0.1) is 0 Å². The number of hydrogen-bond acceptors (Lipinski definition) is 3. The molecule has 1 heterocycles. The molecule has 2 aliphatic carbocycles. The second kappa shape index (κ2) is 17.9. The van der Waals surface area contributed by atoms with Gasteiger partial charge in [0.15, 0.2) is 0 Å². The Kier molecular flexibility index (Phi) is 10.3. The molecule has 15 rings (SSSR count). The molecule has 0 N–H and O–H groups in total. The Bertz CT molecular complexity index is 4190. The lowest BCUT2D eigenvalue weighted by Crippen LogP contribution is -2.44. The monoisotopic (exact) mass is 982 g/mol. The van der Waals surface area contributed by atoms with Gasteiger partial charge in [-0.2, -0.15) is 0 Å². The fourth-order valence-corrected chi connectivity index (χ4v) is 13.2. The minimum atomic E-state index is -0.776. The highest BCUT2D eigenvalue weighted by Crippen LogP contribution is 2.65. The fourth-order valence-electron chi connectivity index (χ4n) is 13.2. The van der Waals surface area contributed by atoms with Crippen molar-refractivity contribution in [3.05, 3.63) is 348 Å². The summed E-state index contributed by atoms with van der Waals surface area (Å²) in [6, 6.07) is 112. The van der Waals surface area contributed by atoms with Crippen LogP contribution in [0.25, 0.3) is 44.2 Å². The van der Waals surface area contributed by atoms with Gasteiger partial charge in [0, 0.05) is 51.0 Å². The number of para-hydroxylation sites is 3. The Balaban J connectivity index is 1.03. The summed E-state index contributed by atoms with van der Waals surface area (Å²) < 4.78 is 6.63. The Morgan fingerprint density at radius 3 is 1.13 bits per heavy atom. The number of benzene rings is 12. The van der Waals surface area contributed by atoms with E-state index in [-0.39, 0.29) is 0 Å². The van der Waals surface area contributed by atoms with Crippen molar-refractivity contribution in [1.29, 1.82) is 0 Å². The molecule has 0 atom stereocenters. The minimum absolute atomic E-state index is 0.645. The van der Waals surface area contributed by atoms with Crippen LogP contribution in [-0.4, -0.2) is 0 Å². The topological polar surface area (TPSA) is 19.6 Å². The van der Waals surface area contributed by atoms with E-state index in [9.17, 15) is 0 Å². The van der Waals surface area contributed by atoms with Crippen LogP contribution >= 0.6 is 0 Å². The molecule has 3 heteroatoms. The van der Waals surface area contributed by atoms with Crippen LogP contribution in [0.1, 0.15) is 44.5 Å². The first-order valence-corrected chi connectivity index (χ1v) is 26.6. The van der Waals surface area contributed by atoms with Crippen molar-refractivity contribution in [2.45, 2.75) is 10.8 Å². The molecule has 0 amide bonds. The predicted octanol–water partition coefficient (Wildman–Crippen LogP) is 19.3. The maximum absolute atomic E-state index is 6.63. The molecule has 0 saturated heterocycles. The standard InChI is InChI=1S/C74H50N2O/c1-6-22-51(23-7-1)52-38-40-57(41-39-52)76(60-44-47-64-63-32-16-21-37-71(63)77-72(64)50-60)59-43-46-62-61-45-42-58(75(55-28-12-4-13-29-55)56-30-14-5-15-31-56)48-69(61)74(70(62)49-59)67-35-19-17-33-65(67)73(53-24-8-2-9-25-53,54-26-10-3-11-27-54)66-34-18-20-36-68(66)74/h1-50H. The molecule has 1 spiro atoms. The Labute approximate surface area is 448 Å². The molecule has 0 saturated carbocycles. The van der Waals surface area contributed by atoms with E-state index in [4.69, 9.17) is 4.42 Å². The molecular formula is C74H50N2O. The van der Waals surface area contributed by atoms with E-state index < -0.39 is 10.8 Å². The molecule has 12 aromatic carbocycles. The van der Waals surface area contributed by atoms with Crippen molar-refractivity contribution < 1.29 is 4.42 Å². The lowest BCUT2D eigenvalue weighted by atomic mass is 9.51. The van der Waals surface area contributed by atoms with Crippen LogP contribution in [-0.2, 0) is 10.8 Å². The molecule has 13 aromatic rings. The van der Waals surface area contributed by atoms with Gasteiger partial charge in [-0.3, -0.25) is 0 Å². The van der Waals surface area contributed by atoms with Crippen molar-refractivity contribution in [3.8, 4) is 22.3 Å². The highest BCUT2D eigenvalue weighted by atomic mass is 16.3. The number of hydrogen-bond donors (Lipinski definition) is 0. The van der Waals surface area contributed by atoms with Gasteiger partial charge in [-0.1, -0.05) is 218 Å². The van der Waals surface area contributed by atoms with E-state index in [1.165, 1.54) is 61.2 Å². The molecule has 0 radical (unpaired) electrons. The van der Waals surface area contributed by atoms with E-state index in [1.807, 2.05) is 6.07 Å². The van der Waals surface area contributed by atoms with E-state index >= 15 is 0 Å². The van der Waals surface area contributed by atoms with E-state index in [0.717, 1.165) is 61.6 Å². The van der Waals surface area contributed by atoms with Crippen LogP contribution < -0.4 is 9.80 Å². The zero-order valence-electron chi connectivity index (χ0n) is 42.2. The van der Waals surface area contributed by atoms with E-state index in [2.05, 4.69) is 307 Å². The highest BCUT2D eigenvalue weighted by Gasteiger charge is 2.57. The number of fused-ring (bicyclic) bond motifs is 12. The molecule has 0 unspecified atom stereocenters. The largest absolute Gasteiger partial charge is 0.456 e. The van der Waals surface area contributed by atoms with Crippen molar-refractivity contribution in [2.24, 2.45) is 0 Å². The van der Waals surface area contributed by atoms with Crippen LogP contribution in [0.3, 0.4) is 0 Å². The van der Waals surface area contributed by atoms with Gasteiger partial charge in [-0.05, 0) is 146 Å². The summed E-state index contributed by atoms with van der Waals surface area (Å²) in [4.78, 5) is 4.81. The molecule has 0 fully saturated rings. The number of nitrogens with zero attached hydrogens (tertiary/aromatic N) is 2. The second-order valence-electron chi connectivity index (χ2n) is 20.3. The lowest BCUT2D eigenvalue weighted by Gasteiger charge is -2.50. The van der Waals surface area contributed by atoms with Crippen molar-refractivity contribution in [2.75, 3.05) is 9.80 Å². The zero-order valence-corrected chi connectivity index (χ0v) is 42.2. The average Bonchev–Trinajstić information content (AvgIpc) is 3.33. The van der Waals surface area contributed by atoms with Gasteiger partial charge < -0.3 is 14.2 Å². The molecule has 77 heavy (non-hydrogen) atoms.